The van der Waals surface area contributed by atoms with Crippen molar-refractivity contribution in [3.8, 4) is 0 Å². The minimum Gasteiger partial charge on any atom is -0.463 e. The molecule has 0 aromatic rings. The van der Waals surface area contributed by atoms with Gasteiger partial charge in [-0.1, -0.05) is 38.2 Å². The van der Waals surface area contributed by atoms with Gasteiger partial charge in [0.15, 0.2) is 0 Å². The number of hydrogen-bond donors (Lipinski definition) is 0. The van der Waals surface area contributed by atoms with Gasteiger partial charge in [-0.2, -0.15) is 0 Å². The van der Waals surface area contributed by atoms with E-state index in [2.05, 4.69) is 6.92 Å². The van der Waals surface area contributed by atoms with E-state index in [1.54, 1.807) is 6.08 Å². The zero-order valence-corrected chi connectivity index (χ0v) is 10.6. The second kappa shape index (κ2) is 7.48. The Balaban J connectivity index is 2.60. The molecule has 0 aromatic carbocycles. The SMILES string of the molecule is CCCC(=CC(=O)OCC)C1CCCCC1. The normalized spacial score (nSPS) is 18.5. The monoisotopic (exact) mass is 224 g/mol. The number of carbonyl (C=O) groups excluding carboxylic acids is 1. The zero-order valence-electron chi connectivity index (χ0n) is 10.6. The van der Waals surface area contributed by atoms with Crippen molar-refractivity contribution in [2.45, 2.75) is 58.8 Å². The van der Waals surface area contributed by atoms with Crippen molar-refractivity contribution >= 4 is 5.97 Å². The fraction of sp³-hybridized carbons (Fsp3) is 0.786. The largest absolute Gasteiger partial charge is 0.463 e. The summed E-state index contributed by atoms with van der Waals surface area (Å²) in [5.74, 6) is 0.481. The van der Waals surface area contributed by atoms with E-state index in [1.807, 2.05) is 6.92 Å². The molecule has 0 aliphatic heterocycles. The highest BCUT2D eigenvalue weighted by Gasteiger charge is 2.18. The van der Waals surface area contributed by atoms with Crippen LogP contribution in [0.3, 0.4) is 0 Å². The average Bonchev–Trinajstić information content (AvgIpc) is 2.30. The lowest BCUT2D eigenvalue weighted by Gasteiger charge is -2.24. The first-order valence-corrected chi connectivity index (χ1v) is 6.65. The third-order valence-corrected chi connectivity index (χ3v) is 3.26. The Hall–Kier alpha value is -0.790. The van der Waals surface area contributed by atoms with Crippen LogP contribution in [0.1, 0.15) is 58.8 Å². The Morgan fingerprint density at radius 2 is 1.94 bits per heavy atom. The topological polar surface area (TPSA) is 26.3 Å². The molecule has 1 saturated carbocycles. The maximum atomic E-state index is 11.5. The molecule has 1 aliphatic carbocycles. The molecule has 0 unspecified atom stereocenters. The molecule has 2 heteroatoms. The molecule has 0 spiro atoms. The summed E-state index contributed by atoms with van der Waals surface area (Å²) in [4.78, 5) is 11.5. The van der Waals surface area contributed by atoms with Crippen LogP contribution in [0.25, 0.3) is 0 Å². The van der Waals surface area contributed by atoms with Crippen LogP contribution in [0.4, 0.5) is 0 Å². The standard InChI is InChI=1S/C14H24O2/c1-3-8-13(11-14(15)16-4-2)12-9-6-5-7-10-12/h11-12H,3-10H2,1-2H3. The minimum atomic E-state index is -0.156. The van der Waals surface area contributed by atoms with Crippen LogP contribution >= 0.6 is 0 Å². The smallest absolute Gasteiger partial charge is 0.330 e. The third-order valence-electron chi connectivity index (χ3n) is 3.26. The summed E-state index contributed by atoms with van der Waals surface area (Å²) in [5, 5.41) is 0. The van der Waals surface area contributed by atoms with Crippen molar-refractivity contribution in [2.75, 3.05) is 6.61 Å². The quantitative estimate of drug-likeness (QED) is 0.523. The summed E-state index contributed by atoms with van der Waals surface area (Å²) in [6.07, 6.45) is 10.4. The fourth-order valence-electron chi connectivity index (χ4n) is 2.49. The molecular formula is C14H24O2. The van der Waals surface area contributed by atoms with Crippen molar-refractivity contribution in [1.29, 1.82) is 0 Å². The molecule has 2 nitrogen and oxygen atoms in total. The predicted molar refractivity (Wildman–Crippen MR) is 66.2 cm³/mol. The Morgan fingerprint density at radius 3 is 2.50 bits per heavy atom. The molecule has 0 atom stereocenters. The molecule has 0 radical (unpaired) electrons. The number of hydrogen-bond acceptors (Lipinski definition) is 2. The second-order valence-electron chi connectivity index (χ2n) is 4.56. The average molecular weight is 224 g/mol. The summed E-state index contributed by atoms with van der Waals surface area (Å²) in [7, 11) is 0. The van der Waals surface area contributed by atoms with Gasteiger partial charge in [0.05, 0.1) is 6.61 Å². The summed E-state index contributed by atoms with van der Waals surface area (Å²) in [5.41, 5.74) is 1.32. The van der Waals surface area contributed by atoms with Gasteiger partial charge >= 0.3 is 5.97 Å². The van der Waals surface area contributed by atoms with Gasteiger partial charge in [-0.05, 0) is 32.1 Å². The van der Waals surface area contributed by atoms with Gasteiger partial charge < -0.3 is 4.74 Å². The molecule has 0 N–H and O–H groups in total. The van der Waals surface area contributed by atoms with Crippen LogP contribution in [-0.4, -0.2) is 12.6 Å². The van der Waals surface area contributed by atoms with Crippen molar-refractivity contribution in [2.24, 2.45) is 5.92 Å². The molecule has 0 bridgehead atoms. The number of allylic oxidation sites excluding steroid dienone is 1. The van der Waals surface area contributed by atoms with Gasteiger partial charge in [-0.3, -0.25) is 0 Å². The van der Waals surface area contributed by atoms with Crippen LogP contribution in [-0.2, 0) is 9.53 Å². The van der Waals surface area contributed by atoms with E-state index in [0.29, 0.717) is 12.5 Å². The summed E-state index contributed by atoms with van der Waals surface area (Å²) < 4.78 is 4.99. The van der Waals surface area contributed by atoms with Crippen LogP contribution < -0.4 is 0 Å². The molecule has 0 amide bonds. The molecular weight excluding hydrogens is 200 g/mol. The Kier molecular flexibility index (Phi) is 6.20. The van der Waals surface area contributed by atoms with Crippen LogP contribution in [0.15, 0.2) is 11.6 Å². The highest BCUT2D eigenvalue weighted by molar-refractivity contribution is 5.82. The van der Waals surface area contributed by atoms with E-state index >= 15 is 0 Å². The van der Waals surface area contributed by atoms with E-state index < -0.39 is 0 Å². The number of rotatable bonds is 5. The lowest BCUT2D eigenvalue weighted by atomic mass is 9.82. The zero-order chi connectivity index (χ0) is 11.8. The van der Waals surface area contributed by atoms with Crippen LogP contribution in [0.2, 0.25) is 0 Å². The van der Waals surface area contributed by atoms with E-state index in [0.717, 1.165) is 12.8 Å². The third kappa shape index (κ3) is 4.38. The van der Waals surface area contributed by atoms with Crippen molar-refractivity contribution in [3.63, 3.8) is 0 Å². The van der Waals surface area contributed by atoms with Gasteiger partial charge in [0.1, 0.15) is 0 Å². The highest BCUT2D eigenvalue weighted by Crippen LogP contribution is 2.31. The fourth-order valence-corrected chi connectivity index (χ4v) is 2.49. The number of carbonyl (C=O) groups is 1. The predicted octanol–water partition coefficient (Wildman–Crippen LogP) is 3.86. The summed E-state index contributed by atoms with van der Waals surface area (Å²) in [6.45, 7) is 4.49. The Labute approximate surface area is 99.1 Å². The van der Waals surface area contributed by atoms with Gasteiger partial charge in [-0.15, -0.1) is 0 Å². The molecule has 16 heavy (non-hydrogen) atoms. The minimum absolute atomic E-state index is 0.156. The van der Waals surface area contributed by atoms with Crippen molar-refractivity contribution in [3.05, 3.63) is 11.6 Å². The molecule has 1 rings (SSSR count). The Morgan fingerprint density at radius 1 is 1.25 bits per heavy atom. The lowest BCUT2D eigenvalue weighted by molar-refractivity contribution is -0.137. The van der Waals surface area contributed by atoms with Gasteiger partial charge in [-0.25, -0.2) is 4.79 Å². The lowest BCUT2D eigenvalue weighted by Crippen LogP contribution is -2.12. The van der Waals surface area contributed by atoms with E-state index in [-0.39, 0.29) is 5.97 Å². The maximum absolute atomic E-state index is 11.5. The highest BCUT2D eigenvalue weighted by atomic mass is 16.5. The van der Waals surface area contributed by atoms with E-state index in [1.165, 1.54) is 37.7 Å². The van der Waals surface area contributed by atoms with Gasteiger partial charge in [0.25, 0.3) is 0 Å². The molecule has 0 aromatic heterocycles. The van der Waals surface area contributed by atoms with Crippen LogP contribution in [0, 0.1) is 5.92 Å². The Bertz CT molecular complexity index is 237. The first-order chi connectivity index (χ1) is 7.77. The number of ether oxygens (including phenoxy) is 1. The van der Waals surface area contributed by atoms with Gasteiger partial charge in [0.2, 0.25) is 0 Å². The molecule has 0 heterocycles. The van der Waals surface area contributed by atoms with Crippen LogP contribution in [0.5, 0.6) is 0 Å². The first-order valence-electron chi connectivity index (χ1n) is 6.65. The maximum Gasteiger partial charge on any atom is 0.330 e. The molecule has 1 fully saturated rings. The van der Waals surface area contributed by atoms with E-state index in [4.69, 9.17) is 4.74 Å². The van der Waals surface area contributed by atoms with Gasteiger partial charge in [0, 0.05) is 6.08 Å². The second-order valence-corrected chi connectivity index (χ2v) is 4.56. The molecule has 92 valence electrons. The molecule has 1 aliphatic rings. The number of esters is 1. The molecule has 0 saturated heterocycles. The van der Waals surface area contributed by atoms with Crippen molar-refractivity contribution < 1.29 is 9.53 Å². The summed E-state index contributed by atoms with van der Waals surface area (Å²) >= 11 is 0. The van der Waals surface area contributed by atoms with E-state index in [9.17, 15) is 4.79 Å². The first kappa shape index (κ1) is 13.3. The van der Waals surface area contributed by atoms with Crippen molar-refractivity contribution in [1.82, 2.24) is 0 Å². The summed E-state index contributed by atoms with van der Waals surface area (Å²) in [6, 6.07) is 0.